The average molecular weight is 390 g/mol. The fourth-order valence-electron chi connectivity index (χ4n) is 2.39. The van der Waals surface area contributed by atoms with Crippen LogP contribution in [0.4, 0.5) is 5.69 Å². The van der Waals surface area contributed by atoms with Crippen molar-refractivity contribution >= 4 is 23.4 Å². The van der Waals surface area contributed by atoms with Crippen LogP contribution in [-0.4, -0.2) is 36.8 Å². The van der Waals surface area contributed by atoms with E-state index in [2.05, 4.69) is 5.32 Å². The fraction of sp³-hybridized carbons (Fsp3) is 0.316. The first-order valence-corrected chi connectivity index (χ1v) is 9.50. The number of nitrogens with zero attached hydrogens (tertiary/aromatic N) is 1. The van der Waals surface area contributed by atoms with Gasteiger partial charge in [-0.1, -0.05) is 18.2 Å². The van der Waals surface area contributed by atoms with Gasteiger partial charge in [0.1, 0.15) is 5.56 Å². The summed E-state index contributed by atoms with van der Waals surface area (Å²) >= 11 is 1.69. The van der Waals surface area contributed by atoms with Gasteiger partial charge < -0.3 is 14.8 Å². The van der Waals surface area contributed by atoms with Crippen molar-refractivity contribution in [1.82, 2.24) is 5.32 Å². The first-order chi connectivity index (χ1) is 13.1. The first kappa shape index (κ1) is 20.6. The number of carbonyl (C=O) groups is 1. The number of carbonyl (C=O) groups excluding carboxylic acids is 1. The second kappa shape index (κ2) is 10.4. The Morgan fingerprint density at radius 1 is 1.22 bits per heavy atom. The number of amides is 1. The molecule has 8 heteroatoms. The number of nitro benzene ring substituents is 1. The Bertz CT molecular complexity index is 783. The molecule has 0 spiro atoms. The van der Waals surface area contributed by atoms with Crippen molar-refractivity contribution in [3.63, 3.8) is 0 Å². The maximum Gasteiger partial charge on any atom is 0.286 e. The summed E-state index contributed by atoms with van der Waals surface area (Å²) < 4.78 is 10.5. The number of methoxy groups -OCH3 is 1. The third kappa shape index (κ3) is 5.89. The van der Waals surface area contributed by atoms with Crippen LogP contribution in [0.15, 0.2) is 47.4 Å². The van der Waals surface area contributed by atoms with Crippen molar-refractivity contribution in [2.75, 3.05) is 26.0 Å². The molecule has 7 nitrogen and oxygen atoms in total. The van der Waals surface area contributed by atoms with Crippen molar-refractivity contribution in [3.8, 4) is 11.5 Å². The molecule has 1 amide bonds. The average Bonchev–Trinajstić information content (AvgIpc) is 2.68. The smallest absolute Gasteiger partial charge is 0.286 e. The minimum Gasteiger partial charge on any atom is -0.493 e. The molecule has 0 aliphatic carbocycles. The lowest BCUT2D eigenvalue weighted by Gasteiger charge is -2.12. The highest BCUT2D eigenvalue weighted by Crippen LogP contribution is 2.34. The number of hydrogen-bond acceptors (Lipinski definition) is 6. The van der Waals surface area contributed by atoms with E-state index in [0.717, 1.165) is 17.1 Å². The molecule has 0 aliphatic heterocycles. The predicted octanol–water partition coefficient (Wildman–Crippen LogP) is 3.91. The van der Waals surface area contributed by atoms with Crippen LogP contribution >= 0.6 is 11.8 Å². The van der Waals surface area contributed by atoms with E-state index in [0.29, 0.717) is 13.2 Å². The monoisotopic (exact) mass is 390 g/mol. The van der Waals surface area contributed by atoms with Gasteiger partial charge in [0.2, 0.25) is 0 Å². The molecular formula is C19H22N2O5S. The van der Waals surface area contributed by atoms with Crippen molar-refractivity contribution in [2.45, 2.75) is 18.2 Å². The van der Waals surface area contributed by atoms with E-state index in [4.69, 9.17) is 9.47 Å². The molecule has 2 aromatic carbocycles. The molecule has 2 rings (SSSR count). The van der Waals surface area contributed by atoms with Gasteiger partial charge in [-0.3, -0.25) is 14.9 Å². The van der Waals surface area contributed by atoms with Crippen LogP contribution in [0.5, 0.6) is 11.5 Å². The van der Waals surface area contributed by atoms with Crippen molar-refractivity contribution < 1.29 is 19.2 Å². The zero-order valence-corrected chi connectivity index (χ0v) is 16.1. The van der Waals surface area contributed by atoms with Gasteiger partial charge >= 0.3 is 0 Å². The van der Waals surface area contributed by atoms with E-state index in [1.807, 2.05) is 30.3 Å². The summed E-state index contributed by atoms with van der Waals surface area (Å²) in [6.45, 7) is 2.52. The van der Waals surface area contributed by atoms with Crippen LogP contribution in [0.2, 0.25) is 0 Å². The Balaban J connectivity index is 1.98. The molecule has 0 bridgehead atoms. The second-order valence-electron chi connectivity index (χ2n) is 5.48. The topological polar surface area (TPSA) is 90.7 Å². The molecule has 1 N–H and O–H groups in total. The Morgan fingerprint density at radius 3 is 2.59 bits per heavy atom. The SMILES string of the molecule is CCOc1cc([N+](=O)[O-])c(C(=O)NCCCSc2ccccc2)cc1OC. The molecule has 0 aromatic heterocycles. The number of benzene rings is 2. The van der Waals surface area contributed by atoms with E-state index in [1.165, 1.54) is 19.2 Å². The fourth-order valence-corrected chi connectivity index (χ4v) is 3.26. The lowest BCUT2D eigenvalue weighted by Crippen LogP contribution is -2.25. The maximum atomic E-state index is 12.4. The van der Waals surface area contributed by atoms with Crippen LogP contribution in [0.3, 0.4) is 0 Å². The third-order valence-corrected chi connectivity index (χ3v) is 4.74. The molecule has 2 aromatic rings. The molecule has 0 heterocycles. The summed E-state index contributed by atoms with van der Waals surface area (Å²) in [6.07, 6.45) is 0.743. The standard InChI is InChI=1S/C19H22N2O5S/c1-3-26-18-13-16(21(23)24)15(12-17(18)25-2)19(22)20-10-7-11-27-14-8-5-4-6-9-14/h4-6,8-9,12-13H,3,7,10-11H2,1-2H3,(H,20,22). The Labute approximate surface area is 162 Å². The first-order valence-electron chi connectivity index (χ1n) is 8.52. The van der Waals surface area contributed by atoms with Gasteiger partial charge in [-0.25, -0.2) is 0 Å². The molecule has 0 aliphatic rings. The maximum absolute atomic E-state index is 12.4. The summed E-state index contributed by atoms with van der Waals surface area (Å²) in [5.41, 5.74) is -0.355. The Kier molecular flexibility index (Phi) is 7.94. The highest BCUT2D eigenvalue weighted by atomic mass is 32.2. The van der Waals surface area contributed by atoms with Crippen molar-refractivity contribution in [3.05, 3.63) is 58.1 Å². The molecule has 0 fully saturated rings. The number of thioether (sulfide) groups is 1. The van der Waals surface area contributed by atoms with Crippen molar-refractivity contribution in [2.24, 2.45) is 0 Å². The van der Waals surface area contributed by atoms with E-state index in [-0.39, 0.29) is 22.7 Å². The quantitative estimate of drug-likeness (QED) is 0.286. The summed E-state index contributed by atoms with van der Waals surface area (Å²) in [6, 6.07) is 12.5. The van der Waals surface area contributed by atoms with Gasteiger partial charge in [0.25, 0.3) is 11.6 Å². The lowest BCUT2D eigenvalue weighted by atomic mass is 10.1. The zero-order valence-electron chi connectivity index (χ0n) is 15.3. The highest BCUT2D eigenvalue weighted by Gasteiger charge is 2.24. The van der Waals surface area contributed by atoms with Crippen molar-refractivity contribution in [1.29, 1.82) is 0 Å². The van der Waals surface area contributed by atoms with Gasteiger partial charge in [0.05, 0.1) is 24.7 Å². The van der Waals surface area contributed by atoms with E-state index in [9.17, 15) is 14.9 Å². The normalized spacial score (nSPS) is 10.3. The second-order valence-corrected chi connectivity index (χ2v) is 6.65. The van der Waals surface area contributed by atoms with Crippen LogP contribution in [0.1, 0.15) is 23.7 Å². The molecular weight excluding hydrogens is 368 g/mol. The summed E-state index contributed by atoms with van der Waals surface area (Å²) in [7, 11) is 1.42. The molecule has 0 unspecified atom stereocenters. The molecule has 0 saturated heterocycles. The Morgan fingerprint density at radius 2 is 1.96 bits per heavy atom. The minimum atomic E-state index is -0.595. The Hall–Kier alpha value is -2.74. The number of nitro groups is 1. The predicted molar refractivity (Wildman–Crippen MR) is 105 cm³/mol. The largest absolute Gasteiger partial charge is 0.493 e. The van der Waals surface area contributed by atoms with E-state index >= 15 is 0 Å². The minimum absolute atomic E-state index is 0.0454. The molecule has 0 radical (unpaired) electrons. The van der Waals surface area contributed by atoms with E-state index < -0.39 is 10.8 Å². The number of rotatable bonds is 10. The van der Waals surface area contributed by atoms with Gasteiger partial charge in [0.15, 0.2) is 11.5 Å². The van der Waals surface area contributed by atoms with Crippen LogP contribution in [-0.2, 0) is 0 Å². The molecule has 0 saturated carbocycles. The van der Waals surface area contributed by atoms with Gasteiger partial charge in [-0.05, 0) is 31.2 Å². The molecule has 0 atom stereocenters. The third-order valence-electron chi connectivity index (χ3n) is 3.64. The number of nitrogens with one attached hydrogen (secondary N) is 1. The van der Waals surface area contributed by atoms with Crippen LogP contribution in [0, 0.1) is 10.1 Å². The summed E-state index contributed by atoms with van der Waals surface area (Å²) in [5.74, 6) is 0.849. The summed E-state index contributed by atoms with van der Waals surface area (Å²) in [4.78, 5) is 24.3. The lowest BCUT2D eigenvalue weighted by molar-refractivity contribution is -0.385. The van der Waals surface area contributed by atoms with E-state index in [1.54, 1.807) is 18.7 Å². The van der Waals surface area contributed by atoms with Crippen LogP contribution < -0.4 is 14.8 Å². The molecule has 144 valence electrons. The number of ether oxygens (including phenoxy) is 2. The van der Waals surface area contributed by atoms with Gasteiger partial charge in [-0.2, -0.15) is 0 Å². The zero-order chi connectivity index (χ0) is 19.6. The summed E-state index contributed by atoms with van der Waals surface area (Å²) in [5, 5.41) is 14.1. The number of hydrogen-bond donors (Lipinski definition) is 1. The van der Waals surface area contributed by atoms with Gasteiger partial charge in [0, 0.05) is 17.5 Å². The van der Waals surface area contributed by atoms with Gasteiger partial charge in [-0.15, -0.1) is 11.8 Å². The highest BCUT2D eigenvalue weighted by molar-refractivity contribution is 7.99. The van der Waals surface area contributed by atoms with Crippen LogP contribution in [0.25, 0.3) is 0 Å². The molecule has 27 heavy (non-hydrogen) atoms.